The van der Waals surface area contributed by atoms with Gasteiger partial charge < -0.3 is 5.32 Å². The van der Waals surface area contributed by atoms with Crippen LogP contribution in [0.25, 0.3) is 0 Å². The SMILES string of the molecule is C#CCCCNC(=O)CCSC. The zero-order valence-electron chi connectivity index (χ0n) is 7.43. The lowest BCUT2D eigenvalue weighted by atomic mass is 10.3. The maximum atomic E-state index is 11.0. The average Bonchev–Trinajstić information content (AvgIpc) is 2.09. The van der Waals surface area contributed by atoms with Gasteiger partial charge in [0.1, 0.15) is 0 Å². The second kappa shape index (κ2) is 8.48. The summed E-state index contributed by atoms with van der Waals surface area (Å²) in [5.74, 6) is 3.55. The molecule has 0 aromatic carbocycles. The van der Waals surface area contributed by atoms with Crippen molar-refractivity contribution < 1.29 is 4.79 Å². The van der Waals surface area contributed by atoms with Crippen LogP contribution < -0.4 is 5.32 Å². The highest BCUT2D eigenvalue weighted by molar-refractivity contribution is 7.98. The quantitative estimate of drug-likeness (QED) is 0.499. The van der Waals surface area contributed by atoms with E-state index >= 15 is 0 Å². The van der Waals surface area contributed by atoms with Crippen molar-refractivity contribution in [1.82, 2.24) is 5.32 Å². The number of rotatable bonds is 6. The topological polar surface area (TPSA) is 29.1 Å². The number of nitrogens with one attached hydrogen (secondary N) is 1. The van der Waals surface area contributed by atoms with Gasteiger partial charge in [-0.1, -0.05) is 0 Å². The Morgan fingerprint density at radius 1 is 1.67 bits per heavy atom. The largest absolute Gasteiger partial charge is 0.356 e. The van der Waals surface area contributed by atoms with E-state index in [-0.39, 0.29) is 5.91 Å². The summed E-state index contributed by atoms with van der Waals surface area (Å²) in [5.41, 5.74) is 0. The van der Waals surface area contributed by atoms with E-state index in [9.17, 15) is 4.79 Å². The third-order valence-corrected chi connectivity index (χ3v) is 1.97. The van der Waals surface area contributed by atoms with Crippen molar-refractivity contribution in [2.75, 3.05) is 18.6 Å². The molecule has 0 rings (SSSR count). The molecule has 0 aliphatic rings. The lowest BCUT2D eigenvalue weighted by Gasteiger charge is -2.01. The first-order valence-corrected chi connectivity index (χ1v) is 5.39. The Morgan fingerprint density at radius 3 is 3.00 bits per heavy atom. The molecule has 0 aromatic rings. The number of carbonyl (C=O) groups is 1. The van der Waals surface area contributed by atoms with Gasteiger partial charge in [0.15, 0.2) is 0 Å². The fraction of sp³-hybridized carbons (Fsp3) is 0.667. The molecule has 0 saturated heterocycles. The number of amides is 1. The molecule has 12 heavy (non-hydrogen) atoms. The van der Waals surface area contributed by atoms with Crippen molar-refractivity contribution in [2.45, 2.75) is 19.3 Å². The molecule has 0 saturated carbocycles. The van der Waals surface area contributed by atoms with Gasteiger partial charge in [-0.15, -0.1) is 12.3 Å². The average molecular weight is 185 g/mol. The Kier molecular flexibility index (Phi) is 8.04. The summed E-state index contributed by atoms with van der Waals surface area (Å²) in [6.07, 6.45) is 9.27. The fourth-order valence-corrected chi connectivity index (χ4v) is 1.09. The number of hydrogen-bond acceptors (Lipinski definition) is 2. The minimum absolute atomic E-state index is 0.126. The second-order valence-corrected chi connectivity index (χ2v) is 3.39. The standard InChI is InChI=1S/C9H15NOS/c1-3-4-5-7-10-9(11)6-8-12-2/h1H,4-8H2,2H3,(H,10,11). The summed E-state index contributed by atoms with van der Waals surface area (Å²) in [6.45, 7) is 0.706. The predicted octanol–water partition coefficient (Wildman–Crippen LogP) is 1.27. The van der Waals surface area contributed by atoms with Crippen LogP contribution in [0.1, 0.15) is 19.3 Å². The summed E-state index contributed by atoms with van der Waals surface area (Å²) in [5, 5.41) is 2.80. The van der Waals surface area contributed by atoms with E-state index in [4.69, 9.17) is 6.42 Å². The predicted molar refractivity (Wildman–Crippen MR) is 54.1 cm³/mol. The summed E-state index contributed by atoms with van der Waals surface area (Å²) in [7, 11) is 0. The molecule has 0 aliphatic carbocycles. The summed E-state index contributed by atoms with van der Waals surface area (Å²) in [6, 6.07) is 0. The highest BCUT2D eigenvalue weighted by atomic mass is 32.2. The van der Waals surface area contributed by atoms with Crippen molar-refractivity contribution >= 4 is 17.7 Å². The molecule has 0 aromatic heterocycles. The van der Waals surface area contributed by atoms with Crippen molar-refractivity contribution in [2.24, 2.45) is 0 Å². The molecule has 0 atom stereocenters. The number of hydrogen-bond donors (Lipinski definition) is 1. The normalized spacial score (nSPS) is 9.00. The van der Waals surface area contributed by atoms with Crippen LogP contribution in [0.3, 0.4) is 0 Å². The third kappa shape index (κ3) is 7.49. The Labute approximate surface area is 78.5 Å². The fourth-order valence-electron chi connectivity index (χ4n) is 0.701. The number of thioether (sulfide) groups is 1. The van der Waals surface area contributed by atoms with Crippen LogP contribution in [-0.4, -0.2) is 24.5 Å². The molecule has 0 aliphatic heterocycles. The molecule has 1 N–H and O–H groups in total. The zero-order chi connectivity index (χ0) is 9.23. The Balaban J connectivity index is 3.15. The lowest BCUT2D eigenvalue weighted by Crippen LogP contribution is -2.24. The van der Waals surface area contributed by atoms with Gasteiger partial charge in [0, 0.05) is 25.1 Å². The summed E-state index contributed by atoms with van der Waals surface area (Å²) in [4.78, 5) is 11.0. The van der Waals surface area contributed by atoms with Gasteiger partial charge in [-0.3, -0.25) is 4.79 Å². The van der Waals surface area contributed by atoms with E-state index in [0.717, 1.165) is 18.6 Å². The zero-order valence-corrected chi connectivity index (χ0v) is 8.25. The lowest BCUT2D eigenvalue weighted by molar-refractivity contribution is -0.120. The molecule has 0 radical (unpaired) electrons. The molecule has 0 heterocycles. The molecular formula is C9H15NOS. The van der Waals surface area contributed by atoms with E-state index in [1.165, 1.54) is 0 Å². The third-order valence-electron chi connectivity index (χ3n) is 1.35. The Bertz CT molecular complexity index is 162. The highest BCUT2D eigenvalue weighted by Crippen LogP contribution is 1.94. The first-order chi connectivity index (χ1) is 5.81. The van der Waals surface area contributed by atoms with Crippen LogP contribution in [0, 0.1) is 12.3 Å². The van der Waals surface area contributed by atoms with Crippen LogP contribution in [0.4, 0.5) is 0 Å². The van der Waals surface area contributed by atoms with E-state index in [1.807, 2.05) is 6.26 Å². The van der Waals surface area contributed by atoms with E-state index in [0.29, 0.717) is 13.0 Å². The van der Waals surface area contributed by atoms with Crippen LogP contribution in [0.2, 0.25) is 0 Å². The van der Waals surface area contributed by atoms with Crippen LogP contribution in [-0.2, 0) is 4.79 Å². The monoisotopic (exact) mass is 185 g/mol. The van der Waals surface area contributed by atoms with Gasteiger partial charge >= 0.3 is 0 Å². The van der Waals surface area contributed by atoms with Gasteiger partial charge in [-0.25, -0.2) is 0 Å². The molecule has 0 fully saturated rings. The summed E-state index contributed by atoms with van der Waals surface area (Å²) >= 11 is 1.68. The molecule has 0 bridgehead atoms. The molecular weight excluding hydrogens is 170 g/mol. The van der Waals surface area contributed by atoms with Crippen LogP contribution >= 0.6 is 11.8 Å². The van der Waals surface area contributed by atoms with Crippen LogP contribution in [0.5, 0.6) is 0 Å². The van der Waals surface area contributed by atoms with E-state index in [2.05, 4.69) is 11.2 Å². The maximum Gasteiger partial charge on any atom is 0.220 e. The first kappa shape index (κ1) is 11.4. The van der Waals surface area contributed by atoms with Gasteiger partial charge in [-0.05, 0) is 12.7 Å². The van der Waals surface area contributed by atoms with Gasteiger partial charge in [0.25, 0.3) is 0 Å². The van der Waals surface area contributed by atoms with Gasteiger partial charge in [0.05, 0.1) is 0 Å². The Morgan fingerprint density at radius 2 is 2.42 bits per heavy atom. The minimum atomic E-state index is 0.126. The van der Waals surface area contributed by atoms with E-state index in [1.54, 1.807) is 11.8 Å². The van der Waals surface area contributed by atoms with E-state index < -0.39 is 0 Å². The Hall–Kier alpha value is -0.620. The molecule has 68 valence electrons. The molecule has 0 spiro atoms. The second-order valence-electron chi connectivity index (χ2n) is 2.40. The molecule has 1 amide bonds. The van der Waals surface area contributed by atoms with Crippen LogP contribution in [0.15, 0.2) is 0 Å². The summed E-state index contributed by atoms with van der Waals surface area (Å²) < 4.78 is 0. The molecule has 2 nitrogen and oxygen atoms in total. The van der Waals surface area contributed by atoms with Crippen molar-refractivity contribution in [3.8, 4) is 12.3 Å². The maximum absolute atomic E-state index is 11.0. The number of terminal acetylenes is 1. The minimum Gasteiger partial charge on any atom is -0.356 e. The van der Waals surface area contributed by atoms with Crippen molar-refractivity contribution in [1.29, 1.82) is 0 Å². The van der Waals surface area contributed by atoms with Crippen molar-refractivity contribution in [3.05, 3.63) is 0 Å². The first-order valence-electron chi connectivity index (χ1n) is 4.00. The molecule has 3 heteroatoms. The number of carbonyl (C=O) groups excluding carboxylic acids is 1. The smallest absolute Gasteiger partial charge is 0.220 e. The van der Waals surface area contributed by atoms with Crippen molar-refractivity contribution in [3.63, 3.8) is 0 Å². The molecule has 0 unspecified atom stereocenters. The number of unbranched alkanes of at least 4 members (excludes halogenated alkanes) is 1. The van der Waals surface area contributed by atoms with Gasteiger partial charge in [-0.2, -0.15) is 11.8 Å². The van der Waals surface area contributed by atoms with Gasteiger partial charge in [0.2, 0.25) is 5.91 Å². The highest BCUT2D eigenvalue weighted by Gasteiger charge is 1.97.